The number of rotatable bonds is 3. The zero-order valence-electron chi connectivity index (χ0n) is 12.4. The number of likely N-dealkylation sites (tertiary alicyclic amines) is 1. The fraction of sp³-hybridized carbons (Fsp3) is 0.471. The number of nitrogens with zero attached hydrogens (tertiary/aromatic N) is 2. The van der Waals surface area contributed by atoms with Crippen molar-refractivity contribution in [2.45, 2.75) is 26.3 Å². The summed E-state index contributed by atoms with van der Waals surface area (Å²) < 4.78 is 5.94. The molecule has 1 aliphatic carbocycles. The minimum absolute atomic E-state index is 0.843. The van der Waals surface area contributed by atoms with Crippen LogP contribution >= 0.6 is 0 Å². The van der Waals surface area contributed by atoms with Gasteiger partial charge < -0.3 is 4.42 Å². The van der Waals surface area contributed by atoms with Crippen LogP contribution in [-0.2, 0) is 6.54 Å². The fourth-order valence-electron chi connectivity index (χ4n) is 3.73. The zero-order chi connectivity index (χ0) is 14.2. The van der Waals surface area contributed by atoms with Gasteiger partial charge in [0.05, 0.1) is 6.54 Å². The lowest BCUT2D eigenvalue weighted by atomic mass is 9.83. The van der Waals surface area contributed by atoms with E-state index in [0.717, 1.165) is 35.6 Å². The molecule has 4 nitrogen and oxygen atoms in total. The number of furan rings is 1. The van der Waals surface area contributed by atoms with Gasteiger partial charge in [-0.1, -0.05) is 11.6 Å². The summed E-state index contributed by atoms with van der Waals surface area (Å²) in [4.78, 5) is 2.54. The van der Waals surface area contributed by atoms with Crippen molar-refractivity contribution in [1.29, 1.82) is 0 Å². The van der Waals surface area contributed by atoms with Crippen molar-refractivity contribution in [2.24, 2.45) is 11.8 Å². The fourth-order valence-corrected chi connectivity index (χ4v) is 3.73. The van der Waals surface area contributed by atoms with E-state index in [-0.39, 0.29) is 0 Å². The monoisotopic (exact) mass is 283 g/mol. The Morgan fingerprint density at radius 3 is 3.05 bits per heavy atom. The molecule has 1 fully saturated rings. The van der Waals surface area contributed by atoms with Crippen molar-refractivity contribution in [3.05, 3.63) is 41.8 Å². The molecule has 0 unspecified atom stereocenters. The molecule has 4 heteroatoms. The van der Waals surface area contributed by atoms with Crippen LogP contribution in [0, 0.1) is 11.8 Å². The smallest absolute Gasteiger partial charge is 0.152 e. The normalized spacial score (nSPS) is 25.9. The molecule has 2 atom stereocenters. The second-order valence-corrected chi connectivity index (χ2v) is 6.44. The van der Waals surface area contributed by atoms with Crippen LogP contribution < -0.4 is 0 Å². The first-order chi connectivity index (χ1) is 10.3. The molecule has 21 heavy (non-hydrogen) atoms. The first kappa shape index (κ1) is 12.9. The van der Waals surface area contributed by atoms with Gasteiger partial charge in [0.25, 0.3) is 0 Å². The minimum atomic E-state index is 0.843. The summed E-state index contributed by atoms with van der Waals surface area (Å²) in [6, 6.07) is 6.04. The highest BCUT2D eigenvalue weighted by Gasteiger charge is 2.34. The Morgan fingerprint density at radius 1 is 1.29 bits per heavy atom. The summed E-state index contributed by atoms with van der Waals surface area (Å²) in [5.41, 5.74) is 2.51. The van der Waals surface area contributed by atoms with Crippen molar-refractivity contribution < 1.29 is 4.42 Å². The minimum Gasteiger partial charge on any atom is -0.458 e. The number of aromatic amines is 1. The SMILES string of the molecule is CC1=CC[C@H]2CN(Cc3ccc(-c4ccn[nH]4)o3)C[C@H]2C1. The number of fused-ring (bicyclic) bond motifs is 1. The molecule has 2 aliphatic rings. The lowest BCUT2D eigenvalue weighted by Crippen LogP contribution is -2.19. The Morgan fingerprint density at radius 2 is 2.19 bits per heavy atom. The number of aromatic nitrogens is 2. The van der Waals surface area contributed by atoms with Gasteiger partial charge >= 0.3 is 0 Å². The summed E-state index contributed by atoms with van der Waals surface area (Å²) in [5, 5.41) is 6.91. The molecule has 1 saturated heterocycles. The molecule has 2 aromatic rings. The summed E-state index contributed by atoms with van der Waals surface area (Å²) in [5.74, 6) is 3.60. The van der Waals surface area contributed by atoms with Gasteiger partial charge in [0, 0.05) is 19.3 Å². The third-order valence-electron chi connectivity index (χ3n) is 4.81. The maximum atomic E-state index is 5.94. The third kappa shape index (κ3) is 2.56. The molecule has 110 valence electrons. The highest BCUT2D eigenvalue weighted by atomic mass is 16.3. The predicted octanol–water partition coefficient (Wildman–Crippen LogP) is 3.46. The van der Waals surface area contributed by atoms with Gasteiger partial charge in [-0.15, -0.1) is 0 Å². The van der Waals surface area contributed by atoms with Gasteiger partial charge in [-0.25, -0.2) is 0 Å². The number of hydrogen-bond acceptors (Lipinski definition) is 3. The Labute approximate surface area is 124 Å². The van der Waals surface area contributed by atoms with E-state index < -0.39 is 0 Å². The van der Waals surface area contributed by atoms with Crippen LogP contribution in [0.4, 0.5) is 0 Å². The molecular formula is C17H21N3O. The molecule has 0 bridgehead atoms. The van der Waals surface area contributed by atoms with E-state index in [2.05, 4.69) is 34.2 Å². The van der Waals surface area contributed by atoms with Crippen molar-refractivity contribution in [1.82, 2.24) is 15.1 Å². The van der Waals surface area contributed by atoms with Crippen LogP contribution in [-0.4, -0.2) is 28.2 Å². The zero-order valence-corrected chi connectivity index (χ0v) is 12.4. The number of hydrogen-bond donors (Lipinski definition) is 1. The van der Waals surface area contributed by atoms with Crippen molar-refractivity contribution >= 4 is 0 Å². The van der Waals surface area contributed by atoms with E-state index in [1.54, 1.807) is 11.8 Å². The van der Waals surface area contributed by atoms with Crippen LogP contribution in [0.15, 0.2) is 40.5 Å². The van der Waals surface area contributed by atoms with Crippen molar-refractivity contribution in [3.8, 4) is 11.5 Å². The summed E-state index contributed by atoms with van der Waals surface area (Å²) in [6.45, 7) is 5.59. The summed E-state index contributed by atoms with van der Waals surface area (Å²) >= 11 is 0. The molecule has 3 heterocycles. The average Bonchev–Trinajstić information content (AvgIpc) is 3.16. The highest BCUT2D eigenvalue weighted by molar-refractivity contribution is 5.51. The second-order valence-electron chi connectivity index (χ2n) is 6.44. The first-order valence-corrected chi connectivity index (χ1v) is 7.74. The number of H-pyrrole nitrogens is 1. The molecule has 0 radical (unpaired) electrons. The van der Waals surface area contributed by atoms with E-state index >= 15 is 0 Å². The molecule has 4 rings (SSSR count). The Bertz CT molecular complexity index is 641. The molecule has 0 spiro atoms. The standard InChI is InChI=1S/C17H21N3O/c1-12-2-3-13-9-20(10-14(13)8-12)11-15-4-5-17(21-15)16-6-7-18-19-16/h2,4-7,13-14H,3,8-11H2,1H3,(H,18,19)/t13-,14+/m0/s1. The Kier molecular flexibility index (Phi) is 3.19. The number of allylic oxidation sites excluding steroid dienone is 2. The van der Waals surface area contributed by atoms with Gasteiger partial charge in [0.2, 0.25) is 0 Å². The third-order valence-corrected chi connectivity index (χ3v) is 4.81. The highest BCUT2D eigenvalue weighted by Crippen LogP contribution is 2.36. The average molecular weight is 283 g/mol. The van der Waals surface area contributed by atoms with E-state index in [0.29, 0.717) is 0 Å². The Balaban J connectivity index is 1.41. The Hall–Kier alpha value is -1.81. The second kappa shape index (κ2) is 5.19. The number of nitrogens with one attached hydrogen (secondary N) is 1. The summed E-state index contributed by atoms with van der Waals surface area (Å²) in [6.07, 6.45) is 6.70. The topological polar surface area (TPSA) is 45.1 Å². The van der Waals surface area contributed by atoms with E-state index in [1.807, 2.05) is 12.1 Å². The molecular weight excluding hydrogens is 262 g/mol. The van der Waals surface area contributed by atoms with Crippen LogP contribution in [0.5, 0.6) is 0 Å². The van der Waals surface area contributed by atoms with Crippen LogP contribution in [0.25, 0.3) is 11.5 Å². The molecule has 0 aromatic carbocycles. The van der Waals surface area contributed by atoms with Crippen LogP contribution in [0.3, 0.4) is 0 Å². The lowest BCUT2D eigenvalue weighted by molar-refractivity contribution is 0.285. The maximum absolute atomic E-state index is 5.94. The first-order valence-electron chi connectivity index (χ1n) is 7.74. The van der Waals surface area contributed by atoms with Crippen LogP contribution in [0.2, 0.25) is 0 Å². The van der Waals surface area contributed by atoms with E-state index in [9.17, 15) is 0 Å². The maximum Gasteiger partial charge on any atom is 0.152 e. The van der Waals surface area contributed by atoms with E-state index in [4.69, 9.17) is 4.42 Å². The lowest BCUT2D eigenvalue weighted by Gasteiger charge is -2.22. The molecule has 2 aromatic heterocycles. The molecule has 0 saturated carbocycles. The molecule has 1 N–H and O–H groups in total. The van der Waals surface area contributed by atoms with Crippen molar-refractivity contribution in [2.75, 3.05) is 13.1 Å². The quantitative estimate of drug-likeness (QED) is 0.877. The van der Waals surface area contributed by atoms with Gasteiger partial charge in [-0.3, -0.25) is 10.00 Å². The van der Waals surface area contributed by atoms with Crippen molar-refractivity contribution in [3.63, 3.8) is 0 Å². The van der Waals surface area contributed by atoms with E-state index in [1.165, 1.54) is 25.9 Å². The molecule has 0 amide bonds. The predicted molar refractivity (Wildman–Crippen MR) is 81.5 cm³/mol. The van der Waals surface area contributed by atoms with Gasteiger partial charge in [-0.2, -0.15) is 5.10 Å². The summed E-state index contributed by atoms with van der Waals surface area (Å²) in [7, 11) is 0. The van der Waals surface area contributed by atoms with Crippen LogP contribution in [0.1, 0.15) is 25.5 Å². The van der Waals surface area contributed by atoms with Gasteiger partial charge in [0.15, 0.2) is 5.76 Å². The molecule has 1 aliphatic heterocycles. The largest absolute Gasteiger partial charge is 0.458 e. The van der Waals surface area contributed by atoms with Gasteiger partial charge in [0.1, 0.15) is 11.5 Å². The van der Waals surface area contributed by atoms with Gasteiger partial charge in [-0.05, 0) is 49.8 Å².